The van der Waals surface area contributed by atoms with Crippen LogP contribution in [-0.4, -0.2) is 44.7 Å². The molecule has 2 atom stereocenters. The molecule has 5 nitrogen and oxygen atoms in total. The number of carbonyl (C=O) groups is 1. The Morgan fingerprint density at radius 3 is 2.43 bits per heavy atom. The number of carboxylic acid groups (broad SMARTS) is 1. The van der Waals surface area contributed by atoms with Gasteiger partial charge in [-0.3, -0.25) is 0 Å². The summed E-state index contributed by atoms with van der Waals surface area (Å²) in [4.78, 5) is 10.8. The highest BCUT2D eigenvalue weighted by Crippen LogP contribution is 2.21. The molecule has 2 unspecified atom stereocenters. The quantitative estimate of drug-likeness (QED) is 0.460. The SMILES string of the molecule is CCCC(O)C(O)(CCCO)C(=O)O. The van der Waals surface area contributed by atoms with Crippen LogP contribution in [0.3, 0.4) is 0 Å². The van der Waals surface area contributed by atoms with E-state index in [1.165, 1.54) is 0 Å². The summed E-state index contributed by atoms with van der Waals surface area (Å²) in [5.41, 5.74) is -2.13. The van der Waals surface area contributed by atoms with Gasteiger partial charge in [-0.1, -0.05) is 13.3 Å². The molecule has 0 fully saturated rings. The fourth-order valence-electron chi connectivity index (χ4n) is 1.28. The van der Waals surface area contributed by atoms with Crippen molar-refractivity contribution in [1.29, 1.82) is 0 Å². The Hall–Kier alpha value is -0.650. The maximum absolute atomic E-state index is 10.8. The molecule has 0 aromatic heterocycles. The predicted octanol–water partition coefficient (Wildman–Crippen LogP) is -0.264. The van der Waals surface area contributed by atoms with Gasteiger partial charge in [0, 0.05) is 6.61 Å². The molecule has 4 N–H and O–H groups in total. The highest BCUT2D eigenvalue weighted by atomic mass is 16.4. The number of hydrogen-bond donors (Lipinski definition) is 4. The van der Waals surface area contributed by atoms with Gasteiger partial charge in [0.15, 0.2) is 5.60 Å². The number of aliphatic carboxylic acids is 1. The third-order valence-corrected chi connectivity index (χ3v) is 2.20. The zero-order valence-corrected chi connectivity index (χ0v) is 8.31. The summed E-state index contributed by atoms with van der Waals surface area (Å²) in [6.45, 7) is 1.59. The van der Waals surface area contributed by atoms with E-state index in [1.807, 2.05) is 0 Å². The third kappa shape index (κ3) is 3.25. The second-order valence-electron chi connectivity index (χ2n) is 3.36. The van der Waals surface area contributed by atoms with E-state index in [4.69, 9.17) is 10.2 Å². The van der Waals surface area contributed by atoms with Gasteiger partial charge in [-0.15, -0.1) is 0 Å². The molecule has 0 aromatic carbocycles. The van der Waals surface area contributed by atoms with Gasteiger partial charge in [0.1, 0.15) is 0 Å². The van der Waals surface area contributed by atoms with E-state index in [-0.39, 0.29) is 25.9 Å². The van der Waals surface area contributed by atoms with Crippen LogP contribution in [0.1, 0.15) is 32.6 Å². The molecule has 0 aliphatic carbocycles. The molecular formula is C9H18O5. The molecule has 5 heteroatoms. The summed E-state index contributed by atoms with van der Waals surface area (Å²) in [6.07, 6.45) is -0.440. The van der Waals surface area contributed by atoms with E-state index in [0.717, 1.165) is 0 Å². The lowest BCUT2D eigenvalue weighted by Gasteiger charge is -2.28. The standard InChI is InChI=1S/C9H18O5/c1-2-4-7(11)9(14,8(12)13)5-3-6-10/h7,10-11,14H,2-6H2,1H3,(H,12,13). The predicted molar refractivity (Wildman–Crippen MR) is 49.8 cm³/mol. The molecule has 0 saturated heterocycles. The van der Waals surface area contributed by atoms with Crippen molar-refractivity contribution in [2.75, 3.05) is 6.61 Å². The minimum absolute atomic E-state index is 0.139. The van der Waals surface area contributed by atoms with E-state index >= 15 is 0 Å². The maximum Gasteiger partial charge on any atom is 0.338 e. The van der Waals surface area contributed by atoms with Crippen molar-refractivity contribution >= 4 is 5.97 Å². The van der Waals surface area contributed by atoms with Crippen molar-refractivity contribution in [2.24, 2.45) is 0 Å². The van der Waals surface area contributed by atoms with Crippen LogP contribution in [0.2, 0.25) is 0 Å². The largest absolute Gasteiger partial charge is 0.479 e. The van der Waals surface area contributed by atoms with Gasteiger partial charge in [-0.2, -0.15) is 0 Å². The molecule has 0 bridgehead atoms. The molecule has 0 heterocycles. The first-order chi connectivity index (χ1) is 6.49. The second-order valence-corrected chi connectivity index (χ2v) is 3.36. The first-order valence-corrected chi connectivity index (χ1v) is 4.73. The van der Waals surface area contributed by atoms with Gasteiger partial charge >= 0.3 is 5.97 Å². The number of rotatable bonds is 7. The zero-order valence-electron chi connectivity index (χ0n) is 8.31. The van der Waals surface area contributed by atoms with Gasteiger partial charge < -0.3 is 20.4 Å². The van der Waals surface area contributed by atoms with Crippen LogP contribution in [0.25, 0.3) is 0 Å². The van der Waals surface area contributed by atoms with Gasteiger partial charge in [0.2, 0.25) is 0 Å². The Labute approximate surface area is 83.0 Å². The first kappa shape index (κ1) is 13.4. The number of aliphatic hydroxyl groups is 3. The molecule has 0 aromatic rings. The molecule has 0 saturated carbocycles. The van der Waals surface area contributed by atoms with Crippen LogP contribution < -0.4 is 0 Å². The number of hydrogen-bond acceptors (Lipinski definition) is 4. The highest BCUT2D eigenvalue weighted by Gasteiger charge is 2.42. The summed E-state index contributed by atoms with van der Waals surface area (Å²) < 4.78 is 0. The highest BCUT2D eigenvalue weighted by molar-refractivity contribution is 5.77. The van der Waals surface area contributed by atoms with Crippen molar-refractivity contribution in [3.8, 4) is 0 Å². The minimum Gasteiger partial charge on any atom is -0.479 e. The average molecular weight is 206 g/mol. The van der Waals surface area contributed by atoms with E-state index < -0.39 is 17.7 Å². The maximum atomic E-state index is 10.8. The van der Waals surface area contributed by atoms with Crippen LogP contribution >= 0.6 is 0 Å². The Morgan fingerprint density at radius 2 is 2.07 bits per heavy atom. The van der Waals surface area contributed by atoms with E-state index in [9.17, 15) is 15.0 Å². The molecule has 0 spiro atoms. The lowest BCUT2D eigenvalue weighted by atomic mass is 9.89. The van der Waals surface area contributed by atoms with Gasteiger partial charge in [-0.05, 0) is 19.3 Å². The van der Waals surface area contributed by atoms with E-state index in [2.05, 4.69) is 0 Å². The normalized spacial score (nSPS) is 17.4. The molecule has 0 aliphatic rings. The lowest BCUT2D eigenvalue weighted by Crippen LogP contribution is -2.49. The van der Waals surface area contributed by atoms with Crippen LogP contribution in [0, 0.1) is 0 Å². The van der Waals surface area contributed by atoms with Crippen molar-refractivity contribution in [2.45, 2.75) is 44.3 Å². The van der Waals surface area contributed by atoms with Crippen LogP contribution in [0.5, 0.6) is 0 Å². The topological polar surface area (TPSA) is 98.0 Å². The molecule has 0 amide bonds. The van der Waals surface area contributed by atoms with Crippen LogP contribution in [-0.2, 0) is 4.79 Å². The van der Waals surface area contributed by atoms with Crippen LogP contribution in [0.15, 0.2) is 0 Å². The molecular weight excluding hydrogens is 188 g/mol. The monoisotopic (exact) mass is 206 g/mol. The molecule has 0 rings (SSSR count). The van der Waals surface area contributed by atoms with Crippen molar-refractivity contribution in [3.05, 3.63) is 0 Å². The van der Waals surface area contributed by atoms with Crippen molar-refractivity contribution in [3.63, 3.8) is 0 Å². The Morgan fingerprint density at radius 1 is 1.50 bits per heavy atom. The summed E-state index contributed by atoms with van der Waals surface area (Å²) >= 11 is 0. The first-order valence-electron chi connectivity index (χ1n) is 4.73. The number of carboxylic acids is 1. The minimum atomic E-state index is -2.13. The lowest BCUT2D eigenvalue weighted by molar-refractivity contribution is -0.173. The second kappa shape index (κ2) is 5.95. The van der Waals surface area contributed by atoms with Gasteiger partial charge in [0.05, 0.1) is 6.10 Å². The third-order valence-electron chi connectivity index (χ3n) is 2.20. The van der Waals surface area contributed by atoms with Gasteiger partial charge in [-0.25, -0.2) is 4.79 Å². The molecule has 0 radical (unpaired) electrons. The van der Waals surface area contributed by atoms with Crippen molar-refractivity contribution in [1.82, 2.24) is 0 Å². The van der Waals surface area contributed by atoms with Crippen molar-refractivity contribution < 1.29 is 25.2 Å². The summed E-state index contributed by atoms with van der Waals surface area (Å²) in [5.74, 6) is -1.44. The van der Waals surface area contributed by atoms with E-state index in [0.29, 0.717) is 6.42 Å². The molecule has 84 valence electrons. The smallest absolute Gasteiger partial charge is 0.338 e. The Balaban J connectivity index is 4.44. The van der Waals surface area contributed by atoms with Crippen LogP contribution in [0.4, 0.5) is 0 Å². The fourth-order valence-corrected chi connectivity index (χ4v) is 1.28. The Kier molecular flexibility index (Phi) is 5.68. The zero-order chi connectivity index (χ0) is 11.2. The molecule has 14 heavy (non-hydrogen) atoms. The Bertz CT molecular complexity index is 182. The average Bonchev–Trinajstić information content (AvgIpc) is 2.14. The van der Waals surface area contributed by atoms with E-state index in [1.54, 1.807) is 6.92 Å². The van der Waals surface area contributed by atoms with Gasteiger partial charge in [0.25, 0.3) is 0 Å². The summed E-state index contributed by atoms with van der Waals surface area (Å²) in [7, 11) is 0. The fraction of sp³-hybridized carbons (Fsp3) is 0.889. The number of aliphatic hydroxyl groups excluding tert-OH is 2. The summed E-state index contributed by atoms with van der Waals surface area (Å²) in [6, 6.07) is 0. The molecule has 0 aliphatic heterocycles. The summed E-state index contributed by atoms with van der Waals surface area (Å²) in [5, 5.41) is 36.4.